The van der Waals surface area contributed by atoms with E-state index in [4.69, 9.17) is 5.73 Å². The summed E-state index contributed by atoms with van der Waals surface area (Å²) in [5.41, 5.74) is 7.04. The highest BCUT2D eigenvalue weighted by Gasteiger charge is 2.19. The highest BCUT2D eigenvalue weighted by molar-refractivity contribution is 9.10. The Kier molecular flexibility index (Phi) is 5.01. The molecule has 17 heavy (non-hydrogen) atoms. The molecule has 0 aromatic heterocycles. The molecule has 0 radical (unpaired) electrons. The fourth-order valence-corrected chi connectivity index (χ4v) is 2.80. The summed E-state index contributed by atoms with van der Waals surface area (Å²) in [6.07, 6.45) is 3.70. The molecule has 1 heterocycles. The molecule has 1 aromatic carbocycles. The lowest BCUT2D eigenvalue weighted by Gasteiger charge is -2.32. The molecular formula is C14H21BrN2. The SMILES string of the molecule is NCCCN1CCC(c2ccc(Br)cc2)CC1. The largest absolute Gasteiger partial charge is 0.330 e. The van der Waals surface area contributed by atoms with Gasteiger partial charge < -0.3 is 10.6 Å². The van der Waals surface area contributed by atoms with Gasteiger partial charge in [-0.05, 0) is 69.1 Å². The van der Waals surface area contributed by atoms with Gasteiger partial charge in [0.15, 0.2) is 0 Å². The predicted molar refractivity (Wildman–Crippen MR) is 76.2 cm³/mol. The monoisotopic (exact) mass is 296 g/mol. The van der Waals surface area contributed by atoms with Crippen LogP contribution in [0.2, 0.25) is 0 Å². The summed E-state index contributed by atoms with van der Waals surface area (Å²) in [6, 6.07) is 8.81. The van der Waals surface area contributed by atoms with Crippen LogP contribution in [0.25, 0.3) is 0 Å². The van der Waals surface area contributed by atoms with Gasteiger partial charge in [-0.3, -0.25) is 0 Å². The van der Waals surface area contributed by atoms with Crippen molar-refractivity contribution >= 4 is 15.9 Å². The number of likely N-dealkylation sites (tertiary alicyclic amines) is 1. The summed E-state index contributed by atoms with van der Waals surface area (Å²) in [4.78, 5) is 2.54. The van der Waals surface area contributed by atoms with Crippen molar-refractivity contribution in [3.63, 3.8) is 0 Å². The summed E-state index contributed by atoms with van der Waals surface area (Å²) in [5.74, 6) is 0.747. The van der Waals surface area contributed by atoms with Gasteiger partial charge in [0.25, 0.3) is 0 Å². The van der Waals surface area contributed by atoms with Gasteiger partial charge in [0, 0.05) is 4.47 Å². The molecule has 1 saturated heterocycles. The maximum absolute atomic E-state index is 5.55. The molecule has 0 bridgehead atoms. The number of nitrogens with zero attached hydrogens (tertiary/aromatic N) is 1. The minimum atomic E-state index is 0.747. The van der Waals surface area contributed by atoms with Crippen molar-refractivity contribution in [2.75, 3.05) is 26.2 Å². The zero-order valence-corrected chi connectivity index (χ0v) is 11.8. The Balaban J connectivity index is 1.84. The van der Waals surface area contributed by atoms with Gasteiger partial charge in [-0.2, -0.15) is 0 Å². The molecule has 0 saturated carbocycles. The third kappa shape index (κ3) is 3.80. The fourth-order valence-electron chi connectivity index (χ4n) is 2.54. The van der Waals surface area contributed by atoms with Gasteiger partial charge >= 0.3 is 0 Å². The summed E-state index contributed by atoms with van der Waals surface area (Å²) in [7, 11) is 0. The molecule has 94 valence electrons. The Morgan fingerprint density at radius 1 is 1.18 bits per heavy atom. The van der Waals surface area contributed by atoms with Gasteiger partial charge in [-0.15, -0.1) is 0 Å². The second-order valence-corrected chi connectivity index (χ2v) is 5.73. The third-order valence-corrected chi connectivity index (χ3v) is 4.14. The average Bonchev–Trinajstić information content (AvgIpc) is 2.38. The Hall–Kier alpha value is -0.380. The van der Waals surface area contributed by atoms with Crippen molar-refractivity contribution in [3.8, 4) is 0 Å². The zero-order valence-electron chi connectivity index (χ0n) is 10.2. The number of hydrogen-bond acceptors (Lipinski definition) is 2. The Labute approximate surface area is 112 Å². The molecule has 0 amide bonds. The fraction of sp³-hybridized carbons (Fsp3) is 0.571. The first kappa shape index (κ1) is 13.1. The van der Waals surface area contributed by atoms with Crippen molar-refractivity contribution in [1.29, 1.82) is 0 Å². The standard InChI is InChI=1S/C14H21BrN2/c15-14-4-2-12(3-5-14)13-6-10-17(11-7-13)9-1-8-16/h2-5,13H,1,6-11,16H2. The lowest BCUT2D eigenvalue weighted by atomic mass is 9.89. The maximum Gasteiger partial charge on any atom is 0.0175 e. The first-order valence-corrected chi connectivity index (χ1v) is 7.27. The van der Waals surface area contributed by atoms with Crippen LogP contribution in [0.4, 0.5) is 0 Å². The minimum absolute atomic E-state index is 0.747. The van der Waals surface area contributed by atoms with Gasteiger partial charge in [0.2, 0.25) is 0 Å². The molecule has 0 spiro atoms. The molecule has 1 aliphatic heterocycles. The first-order chi connectivity index (χ1) is 8.29. The Morgan fingerprint density at radius 2 is 1.82 bits per heavy atom. The Morgan fingerprint density at radius 3 is 2.41 bits per heavy atom. The Bertz CT molecular complexity index is 329. The summed E-state index contributed by atoms with van der Waals surface area (Å²) < 4.78 is 1.17. The molecule has 0 unspecified atom stereocenters. The van der Waals surface area contributed by atoms with Crippen LogP contribution in [-0.2, 0) is 0 Å². The van der Waals surface area contributed by atoms with E-state index >= 15 is 0 Å². The van der Waals surface area contributed by atoms with Gasteiger partial charge in [0.1, 0.15) is 0 Å². The van der Waals surface area contributed by atoms with Gasteiger partial charge in [-0.25, -0.2) is 0 Å². The second-order valence-electron chi connectivity index (χ2n) is 4.81. The summed E-state index contributed by atoms with van der Waals surface area (Å²) in [6.45, 7) is 4.43. The highest BCUT2D eigenvalue weighted by atomic mass is 79.9. The van der Waals surface area contributed by atoms with E-state index in [-0.39, 0.29) is 0 Å². The van der Waals surface area contributed by atoms with E-state index < -0.39 is 0 Å². The van der Waals surface area contributed by atoms with Crippen LogP contribution >= 0.6 is 15.9 Å². The number of halogens is 1. The average molecular weight is 297 g/mol. The number of benzene rings is 1. The molecule has 2 rings (SSSR count). The van der Waals surface area contributed by atoms with Crippen LogP contribution in [0, 0.1) is 0 Å². The maximum atomic E-state index is 5.55. The molecule has 0 aliphatic carbocycles. The van der Waals surface area contributed by atoms with E-state index in [1.807, 2.05) is 0 Å². The van der Waals surface area contributed by atoms with Crippen LogP contribution in [0.3, 0.4) is 0 Å². The van der Waals surface area contributed by atoms with E-state index in [0.717, 1.165) is 18.9 Å². The van der Waals surface area contributed by atoms with Gasteiger partial charge in [0.05, 0.1) is 0 Å². The lowest BCUT2D eigenvalue weighted by molar-refractivity contribution is 0.211. The smallest absolute Gasteiger partial charge is 0.0175 e. The molecule has 2 N–H and O–H groups in total. The molecule has 1 fully saturated rings. The van der Waals surface area contributed by atoms with Crippen molar-refractivity contribution in [1.82, 2.24) is 4.90 Å². The van der Waals surface area contributed by atoms with Crippen molar-refractivity contribution < 1.29 is 0 Å². The van der Waals surface area contributed by atoms with E-state index in [1.54, 1.807) is 0 Å². The van der Waals surface area contributed by atoms with Crippen LogP contribution in [0.5, 0.6) is 0 Å². The van der Waals surface area contributed by atoms with Crippen LogP contribution in [0.15, 0.2) is 28.7 Å². The van der Waals surface area contributed by atoms with Crippen molar-refractivity contribution in [3.05, 3.63) is 34.3 Å². The van der Waals surface area contributed by atoms with Crippen molar-refractivity contribution in [2.45, 2.75) is 25.2 Å². The predicted octanol–water partition coefficient (Wildman–Crippen LogP) is 2.98. The molecular weight excluding hydrogens is 276 g/mol. The first-order valence-electron chi connectivity index (χ1n) is 6.47. The van der Waals surface area contributed by atoms with E-state index in [9.17, 15) is 0 Å². The molecule has 1 aromatic rings. The van der Waals surface area contributed by atoms with Crippen LogP contribution < -0.4 is 5.73 Å². The molecule has 1 aliphatic rings. The third-order valence-electron chi connectivity index (χ3n) is 3.61. The molecule has 2 nitrogen and oxygen atoms in total. The van der Waals surface area contributed by atoms with Crippen molar-refractivity contribution in [2.24, 2.45) is 5.73 Å². The van der Waals surface area contributed by atoms with Crippen LogP contribution in [-0.4, -0.2) is 31.1 Å². The van der Waals surface area contributed by atoms with Crippen LogP contribution in [0.1, 0.15) is 30.7 Å². The molecule has 0 atom stereocenters. The number of piperidine rings is 1. The van der Waals surface area contributed by atoms with E-state index in [2.05, 4.69) is 45.1 Å². The van der Waals surface area contributed by atoms with E-state index in [1.165, 1.54) is 42.5 Å². The topological polar surface area (TPSA) is 29.3 Å². The summed E-state index contributed by atoms with van der Waals surface area (Å²) in [5, 5.41) is 0. The normalized spacial score (nSPS) is 18.5. The number of hydrogen-bond donors (Lipinski definition) is 1. The number of nitrogens with two attached hydrogens (primary N) is 1. The quantitative estimate of drug-likeness (QED) is 0.926. The van der Waals surface area contributed by atoms with Gasteiger partial charge in [-0.1, -0.05) is 28.1 Å². The minimum Gasteiger partial charge on any atom is -0.330 e. The number of rotatable bonds is 4. The molecule has 3 heteroatoms. The zero-order chi connectivity index (χ0) is 12.1. The second kappa shape index (κ2) is 6.53. The highest BCUT2D eigenvalue weighted by Crippen LogP contribution is 2.28. The lowest BCUT2D eigenvalue weighted by Crippen LogP contribution is -2.34. The van der Waals surface area contributed by atoms with E-state index in [0.29, 0.717) is 0 Å². The summed E-state index contributed by atoms with van der Waals surface area (Å²) >= 11 is 3.49.